The number of fused-ring (bicyclic) bond motifs is 1. The van der Waals surface area contributed by atoms with Gasteiger partial charge in [0.2, 0.25) is 5.91 Å². The first-order valence-corrected chi connectivity index (χ1v) is 10.4. The van der Waals surface area contributed by atoms with Crippen molar-refractivity contribution in [3.8, 4) is 11.8 Å². The molecule has 1 aliphatic rings. The van der Waals surface area contributed by atoms with Gasteiger partial charge < -0.3 is 5.32 Å². The summed E-state index contributed by atoms with van der Waals surface area (Å²) in [6.07, 6.45) is 4.35. The van der Waals surface area contributed by atoms with Gasteiger partial charge in [-0.3, -0.25) is 9.36 Å². The maximum absolute atomic E-state index is 12.5. The lowest BCUT2D eigenvalue weighted by Crippen LogP contribution is -2.49. The smallest absolute Gasteiger partial charge is 0.231 e. The second kappa shape index (κ2) is 8.18. The minimum Gasteiger partial charge on any atom is -0.337 e. The molecule has 0 aliphatic heterocycles. The molecule has 0 fully saturated rings. The average molecular weight is 383 g/mol. The van der Waals surface area contributed by atoms with Crippen molar-refractivity contribution in [2.75, 3.05) is 5.75 Å². The Balaban J connectivity index is 1.80. The number of amides is 1. The van der Waals surface area contributed by atoms with E-state index in [1.165, 1.54) is 23.9 Å². The fourth-order valence-corrected chi connectivity index (χ4v) is 4.06. The van der Waals surface area contributed by atoms with Crippen molar-refractivity contribution in [2.24, 2.45) is 5.92 Å². The molecule has 1 aromatic carbocycles. The largest absolute Gasteiger partial charge is 0.337 e. The average Bonchev–Trinajstić information content (AvgIpc) is 3.05. The van der Waals surface area contributed by atoms with Crippen LogP contribution in [-0.4, -0.2) is 26.8 Å². The van der Waals surface area contributed by atoms with E-state index in [4.69, 9.17) is 4.98 Å². The first-order valence-electron chi connectivity index (χ1n) is 9.45. The molecule has 27 heavy (non-hydrogen) atoms. The minimum absolute atomic E-state index is 0.0371. The summed E-state index contributed by atoms with van der Waals surface area (Å²) in [4.78, 5) is 17.3. The predicted molar refractivity (Wildman–Crippen MR) is 108 cm³/mol. The van der Waals surface area contributed by atoms with Gasteiger partial charge >= 0.3 is 0 Å². The van der Waals surface area contributed by atoms with Crippen LogP contribution in [-0.2, 0) is 17.6 Å². The molecular formula is C21H26N4OS. The van der Waals surface area contributed by atoms with Gasteiger partial charge in [-0.15, -0.1) is 0 Å². The van der Waals surface area contributed by atoms with Crippen LogP contribution >= 0.6 is 11.8 Å². The summed E-state index contributed by atoms with van der Waals surface area (Å²) in [5, 5.41) is 13.1. The van der Waals surface area contributed by atoms with Crippen LogP contribution in [0, 0.1) is 17.2 Å². The van der Waals surface area contributed by atoms with E-state index in [0.29, 0.717) is 0 Å². The highest BCUT2D eigenvalue weighted by Crippen LogP contribution is 2.30. The molecule has 0 unspecified atom stereocenters. The highest BCUT2D eigenvalue weighted by Gasteiger charge is 2.30. The predicted octanol–water partition coefficient (Wildman–Crippen LogP) is 3.90. The quantitative estimate of drug-likeness (QED) is 0.769. The van der Waals surface area contributed by atoms with Crippen LogP contribution in [0.3, 0.4) is 0 Å². The van der Waals surface area contributed by atoms with Crippen LogP contribution in [0.15, 0.2) is 35.5 Å². The Hall–Kier alpha value is -2.26. The number of aromatic nitrogens is 2. The number of hydrogen-bond donors (Lipinski definition) is 1. The minimum atomic E-state index is -0.855. The number of carbonyl (C=O) groups excluding carboxylic acids is 1. The van der Waals surface area contributed by atoms with E-state index in [1.807, 2.05) is 32.0 Å². The molecule has 1 aliphatic carbocycles. The number of aryl methyl sites for hydroxylation is 1. The number of nitrogens with zero attached hydrogens (tertiary/aromatic N) is 3. The number of nitrogens with one attached hydrogen (secondary N) is 1. The van der Waals surface area contributed by atoms with Crippen LogP contribution in [0.2, 0.25) is 0 Å². The maximum Gasteiger partial charge on any atom is 0.231 e. The SMILES string of the molecule is CC(C)[C@@](C)(C#N)NC(=O)CSc1nc2c(n1-c1ccccc1)CCCC2. The number of benzene rings is 1. The highest BCUT2D eigenvalue weighted by atomic mass is 32.2. The van der Waals surface area contributed by atoms with Gasteiger partial charge in [0.05, 0.1) is 17.5 Å². The number of nitriles is 1. The zero-order valence-corrected chi connectivity index (χ0v) is 17.0. The Morgan fingerprint density at radius 3 is 2.70 bits per heavy atom. The van der Waals surface area contributed by atoms with Crippen molar-refractivity contribution < 1.29 is 4.79 Å². The monoisotopic (exact) mass is 382 g/mol. The standard InChI is InChI=1S/C21H26N4OS/c1-15(2)21(3,14-22)24-19(26)13-27-20-23-17-11-7-8-12-18(17)25(20)16-9-5-4-6-10-16/h4-6,9-10,15H,7-8,11-13H2,1-3H3,(H,24,26)/t21-/m1/s1. The first-order chi connectivity index (χ1) is 12.9. The second-order valence-corrected chi connectivity index (χ2v) is 8.41. The summed E-state index contributed by atoms with van der Waals surface area (Å²) < 4.78 is 2.19. The number of thioether (sulfide) groups is 1. The Morgan fingerprint density at radius 2 is 2.04 bits per heavy atom. The van der Waals surface area contributed by atoms with E-state index in [9.17, 15) is 10.1 Å². The van der Waals surface area contributed by atoms with E-state index in [-0.39, 0.29) is 17.6 Å². The van der Waals surface area contributed by atoms with Crippen LogP contribution < -0.4 is 5.32 Å². The van der Waals surface area contributed by atoms with E-state index < -0.39 is 5.54 Å². The van der Waals surface area contributed by atoms with Crippen molar-refractivity contribution >= 4 is 17.7 Å². The third-order valence-corrected chi connectivity index (χ3v) is 6.17. The van der Waals surface area contributed by atoms with E-state index >= 15 is 0 Å². The molecule has 2 aromatic rings. The van der Waals surface area contributed by atoms with Crippen LogP contribution in [0.5, 0.6) is 0 Å². The molecule has 1 aromatic heterocycles. The molecule has 0 bridgehead atoms. The number of para-hydroxylation sites is 1. The molecule has 0 radical (unpaired) electrons. The van der Waals surface area contributed by atoms with Gasteiger partial charge in [0.1, 0.15) is 5.54 Å². The van der Waals surface area contributed by atoms with Crippen LogP contribution in [0.25, 0.3) is 5.69 Å². The molecule has 5 nitrogen and oxygen atoms in total. The third-order valence-electron chi connectivity index (χ3n) is 5.23. The lowest BCUT2D eigenvalue weighted by atomic mass is 9.90. The van der Waals surface area contributed by atoms with Gasteiger partial charge in [-0.2, -0.15) is 5.26 Å². The molecule has 0 saturated heterocycles. The van der Waals surface area contributed by atoms with Gasteiger partial charge in [0.15, 0.2) is 5.16 Å². The Labute approximate surface area is 165 Å². The van der Waals surface area contributed by atoms with Crippen molar-refractivity contribution in [3.63, 3.8) is 0 Å². The number of carbonyl (C=O) groups is 1. The van der Waals surface area contributed by atoms with Gasteiger partial charge in [0, 0.05) is 11.4 Å². The van der Waals surface area contributed by atoms with E-state index in [1.54, 1.807) is 6.92 Å². The summed E-state index contributed by atoms with van der Waals surface area (Å²) >= 11 is 1.44. The van der Waals surface area contributed by atoms with Crippen molar-refractivity contribution in [1.29, 1.82) is 5.26 Å². The molecule has 142 valence electrons. The van der Waals surface area contributed by atoms with Gasteiger partial charge in [-0.1, -0.05) is 43.8 Å². The second-order valence-electron chi connectivity index (χ2n) is 7.47. The van der Waals surface area contributed by atoms with Crippen LogP contribution in [0.1, 0.15) is 45.0 Å². The number of imidazole rings is 1. The lowest BCUT2D eigenvalue weighted by molar-refractivity contribution is -0.120. The molecule has 6 heteroatoms. The van der Waals surface area contributed by atoms with Gasteiger partial charge in [-0.25, -0.2) is 4.98 Å². The van der Waals surface area contributed by atoms with Crippen molar-refractivity contribution in [2.45, 2.75) is 57.1 Å². The highest BCUT2D eigenvalue weighted by molar-refractivity contribution is 7.99. The molecule has 0 spiro atoms. The summed E-state index contributed by atoms with van der Waals surface area (Å²) in [6, 6.07) is 12.4. The molecule has 1 N–H and O–H groups in total. The molecule has 3 rings (SSSR count). The summed E-state index contributed by atoms with van der Waals surface area (Å²) in [5.74, 6) is 0.139. The molecule has 0 saturated carbocycles. The summed E-state index contributed by atoms with van der Waals surface area (Å²) in [6.45, 7) is 5.64. The molecule has 1 amide bonds. The molecule has 1 atom stereocenters. The zero-order valence-electron chi connectivity index (χ0n) is 16.2. The molecular weight excluding hydrogens is 356 g/mol. The Kier molecular flexibility index (Phi) is 5.91. The fourth-order valence-electron chi connectivity index (χ4n) is 3.21. The summed E-state index contributed by atoms with van der Waals surface area (Å²) in [5.41, 5.74) is 2.64. The lowest BCUT2D eigenvalue weighted by Gasteiger charge is -2.27. The Bertz CT molecular complexity index is 853. The van der Waals surface area contributed by atoms with Crippen molar-refractivity contribution in [1.82, 2.24) is 14.9 Å². The van der Waals surface area contributed by atoms with Gasteiger partial charge in [-0.05, 0) is 50.7 Å². The topological polar surface area (TPSA) is 70.7 Å². The van der Waals surface area contributed by atoms with E-state index in [0.717, 1.165) is 35.8 Å². The fraction of sp³-hybridized carbons (Fsp3) is 0.476. The summed E-state index contributed by atoms with van der Waals surface area (Å²) in [7, 11) is 0. The number of rotatable bonds is 6. The first kappa shape index (κ1) is 19.5. The van der Waals surface area contributed by atoms with Crippen LogP contribution in [0.4, 0.5) is 0 Å². The third kappa shape index (κ3) is 4.19. The molecule has 1 heterocycles. The van der Waals surface area contributed by atoms with Gasteiger partial charge in [0.25, 0.3) is 0 Å². The normalized spacial score (nSPS) is 15.7. The maximum atomic E-state index is 12.5. The zero-order chi connectivity index (χ0) is 19.4. The van der Waals surface area contributed by atoms with Crippen molar-refractivity contribution in [3.05, 3.63) is 41.7 Å². The van der Waals surface area contributed by atoms with E-state index in [2.05, 4.69) is 28.1 Å². The Morgan fingerprint density at radius 1 is 1.33 bits per heavy atom. The number of hydrogen-bond acceptors (Lipinski definition) is 4.